The molecule has 0 atom stereocenters. The number of hydrogen-bond donors (Lipinski definition) is 3. The van der Waals surface area contributed by atoms with Crippen molar-refractivity contribution in [2.45, 2.75) is 31.7 Å². The molecule has 366 valence electrons. The standard InChI is InChI=1S/C45H64FN5O14S/c1-34-39(45(54)51-12-15-65-40-6-3-36(31-38(40)33-51)37-4-8-42(47)50-32-37)5-7-41(44(34)46)66(55,56)30-11-49-43(53)9-13-57-16-18-59-20-22-61-24-26-63-28-29-64-27-25-62-23-21-60-19-17-58-14-10-48-35(2)52/h3-8,31-32H,9-30,33H2,1-2H3,(H2,47,50)(H,48,52)(H,49,53). The molecule has 0 bridgehead atoms. The van der Waals surface area contributed by atoms with Crippen LogP contribution in [0.4, 0.5) is 10.2 Å². The van der Waals surface area contributed by atoms with Gasteiger partial charge in [-0.3, -0.25) is 14.4 Å². The molecule has 19 nitrogen and oxygen atoms in total. The van der Waals surface area contributed by atoms with E-state index in [1.807, 2.05) is 24.3 Å². The van der Waals surface area contributed by atoms with Crippen LogP contribution in [0.3, 0.4) is 0 Å². The molecule has 0 saturated heterocycles. The second-order valence-electron chi connectivity index (χ2n) is 14.7. The summed E-state index contributed by atoms with van der Waals surface area (Å²) in [5, 5.41) is 5.18. The number of nitrogen functional groups attached to an aromatic ring is 1. The van der Waals surface area contributed by atoms with Gasteiger partial charge in [-0.25, -0.2) is 17.8 Å². The molecule has 4 rings (SSSR count). The first-order valence-electron chi connectivity index (χ1n) is 21.9. The van der Waals surface area contributed by atoms with E-state index in [0.29, 0.717) is 111 Å². The van der Waals surface area contributed by atoms with Crippen molar-refractivity contribution in [1.82, 2.24) is 20.5 Å². The van der Waals surface area contributed by atoms with Gasteiger partial charge in [0.2, 0.25) is 11.8 Å². The Morgan fingerprint density at radius 3 is 1.82 bits per heavy atom. The summed E-state index contributed by atoms with van der Waals surface area (Å²) in [5.74, 6) is -1.50. The number of carbonyl (C=O) groups is 3. The number of aromatic nitrogens is 1. The first-order chi connectivity index (χ1) is 32.0. The number of nitrogens with two attached hydrogens (primary N) is 1. The van der Waals surface area contributed by atoms with Crippen molar-refractivity contribution in [3.8, 4) is 16.9 Å². The lowest BCUT2D eigenvalue weighted by Crippen LogP contribution is -2.33. The molecule has 1 aliphatic rings. The molecule has 66 heavy (non-hydrogen) atoms. The Hall–Kier alpha value is -4.84. The van der Waals surface area contributed by atoms with E-state index < -0.39 is 38.1 Å². The smallest absolute Gasteiger partial charge is 0.254 e. The molecule has 4 N–H and O–H groups in total. The van der Waals surface area contributed by atoms with Gasteiger partial charge < -0.3 is 63.9 Å². The molecule has 0 fully saturated rings. The fraction of sp³-hybridized carbons (Fsp3) is 0.556. The van der Waals surface area contributed by atoms with Crippen LogP contribution < -0.4 is 21.1 Å². The van der Waals surface area contributed by atoms with Crippen molar-refractivity contribution in [2.24, 2.45) is 0 Å². The first-order valence-corrected chi connectivity index (χ1v) is 23.5. The van der Waals surface area contributed by atoms with E-state index in [1.165, 1.54) is 24.8 Å². The van der Waals surface area contributed by atoms with Gasteiger partial charge >= 0.3 is 0 Å². The van der Waals surface area contributed by atoms with Crippen LogP contribution in [-0.4, -0.2) is 174 Å². The average Bonchev–Trinajstić information content (AvgIpc) is 3.52. The topological polar surface area (TPSA) is 235 Å². The third-order valence-corrected chi connectivity index (χ3v) is 11.5. The van der Waals surface area contributed by atoms with Gasteiger partial charge in [-0.05, 0) is 54.4 Å². The van der Waals surface area contributed by atoms with E-state index in [9.17, 15) is 22.8 Å². The Labute approximate surface area is 385 Å². The largest absolute Gasteiger partial charge is 0.491 e. The summed E-state index contributed by atoms with van der Waals surface area (Å²) < 4.78 is 91.2. The van der Waals surface area contributed by atoms with E-state index in [2.05, 4.69) is 15.6 Å². The number of halogens is 1. The molecule has 2 aromatic carbocycles. The number of pyridine rings is 1. The SMILES string of the molecule is CC(=O)NCCOCCOCCOCCOCCOCCOCCOCCOCCC(=O)NCCS(=O)(=O)c1ccc(C(=O)N2CCOc3ccc(-c4ccc(N)nc4)cc3C2)c(C)c1F. The maximum Gasteiger partial charge on any atom is 0.254 e. The zero-order chi connectivity index (χ0) is 47.4. The predicted molar refractivity (Wildman–Crippen MR) is 240 cm³/mol. The molecule has 21 heteroatoms. The van der Waals surface area contributed by atoms with Crippen LogP contribution >= 0.6 is 0 Å². The number of benzene rings is 2. The van der Waals surface area contributed by atoms with Crippen LogP contribution in [0.1, 0.15) is 34.8 Å². The Kier molecular flexibility index (Phi) is 24.8. The van der Waals surface area contributed by atoms with Crippen molar-refractivity contribution in [1.29, 1.82) is 0 Å². The number of rotatable bonds is 33. The quantitative estimate of drug-likeness (QED) is 0.0744. The predicted octanol–water partition coefficient (Wildman–Crippen LogP) is 2.36. The zero-order valence-corrected chi connectivity index (χ0v) is 38.7. The minimum atomic E-state index is -4.15. The van der Waals surface area contributed by atoms with E-state index >= 15 is 4.39 Å². The van der Waals surface area contributed by atoms with Crippen LogP contribution in [0.2, 0.25) is 0 Å². The highest BCUT2D eigenvalue weighted by Gasteiger charge is 2.27. The molecule has 0 radical (unpaired) electrons. The third kappa shape index (κ3) is 19.9. The second-order valence-corrected chi connectivity index (χ2v) is 16.8. The molecule has 3 aromatic rings. The van der Waals surface area contributed by atoms with Crippen molar-refractivity contribution in [3.05, 3.63) is 71.2 Å². The van der Waals surface area contributed by atoms with Crippen LogP contribution in [0.15, 0.2) is 53.6 Å². The minimum absolute atomic E-state index is 0.00465. The van der Waals surface area contributed by atoms with Gasteiger partial charge in [0.25, 0.3) is 5.91 Å². The van der Waals surface area contributed by atoms with Crippen LogP contribution in [-0.2, 0) is 63.9 Å². The fourth-order valence-electron chi connectivity index (χ4n) is 6.25. The molecular weight excluding hydrogens is 886 g/mol. The molecular formula is C45H64FN5O14S. The summed E-state index contributed by atoms with van der Waals surface area (Å²) >= 11 is 0. The lowest BCUT2D eigenvalue weighted by Gasteiger charge is -2.22. The van der Waals surface area contributed by atoms with Crippen molar-refractivity contribution < 1.29 is 69.8 Å². The van der Waals surface area contributed by atoms with Gasteiger partial charge in [0.1, 0.15) is 28.9 Å². The Morgan fingerprint density at radius 2 is 1.27 bits per heavy atom. The summed E-state index contributed by atoms with van der Waals surface area (Å²) in [5.41, 5.74) is 8.12. The molecule has 0 aliphatic carbocycles. The minimum Gasteiger partial charge on any atom is -0.491 e. The van der Waals surface area contributed by atoms with Crippen molar-refractivity contribution >= 4 is 33.4 Å². The Balaban J connectivity index is 0.978. The number of amides is 3. The van der Waals surface area contributed by atoms with E-state index in [1.54, 1.807) is 12.3 Å². The van der Waals surface area contributed by atoms with Crippen molar-refractivity contribution in [2.75, 3.05) is 143 Å². The number of nitrogens with one attached hydrogen (secondary N) is 2. The van der Waals surface area contributed by atoms with Gasteiger partial charge in [-0.1, -0.05) is 6.07 Å². The van der Waals surface area contributed by atoms with Gasteiger partial charge in [-0.15, -0.1) is 0 Å². The number of hydrogen-bond acceptors (Lipinski definition) is 16. The summed E-state index contributed by atoms with van der Waals surface area (Å²) in [6.45, 7) is 9.94. The summed E-state index contributed by atoms with van der Waals surface area (Å²) in [4.78, 5) is 41.9. The highest BCUT2D eigenvalue weighted by Crippen LogP contribution is 2.31. The number of carbonyl (C=O) groups excluding carboxylic acids is 3. The molecule has 0 spiro atoms. The maximum atomic E-state index is 15.6. The lowest BCUT2D eigenvalue weighted by molar-refractivity contribution is -0.122. The first kappa shape index (κ1) is 53.8. The monoisotopic (exact) mass is 949 g/mol. The van der Waals surface area contributed by atoms with Crippen LogP contribution in [0, 0.1) is 12.7 Å². The van der Waals surface area contributed by atoms with E-state index in [0.717, 1.165) is 22.8 Å². The van der Waals surface area contributed by atoms with Gasteiger partial charge in [0.15, 0.2) is 9.84 Å². The summed E-state index contributed by atoms with van der Waals surface area (Å²) in [7, 11) is -4.15. The Bertz CT molecular complexity index is 2050. The van der Waals surface area contributed by atoms with Gasteiger partial charge in [-0.2, -0.15) is 0 Å². The fourth-order valence-corrected chi connectivity index (χ4v) is 7.55. The lowest BCUT2D eigenvalue weighted by atomic mass is 10.0. The second kappa shape index (κ2) is 30.4. The number of sulfone groups is 1. The van der Waals surface area contributed by atoms with Crippen LogP contribution in [0.5, 0.6) is 5.75 Å². The summed E-state index contributed by atoms with van der Waals surface area (Å²) in [6.07, 6.45) is 1.65. The van der Waals surface area contributed by atoms with Crippen molar-refractivity contribution in [3.63, 3.8) is 0 Å². The molecule has 1 aliphatic heterocycles. The summed E-state index contributed by atoms with van der Waals surface area (Å²) in [6, 6.07) is 11.6. The number of ether oxygens (including phenoxy) is 9. The maximum absolute atomic E-state index is 15.6. The highest BCUT2D eigenvalue weighted by atomic mass is 32.2. The highest BCUT2D eigenvalue weighted by molar-refractivity contribution is 7.91. The van der Waals surface area contributed by atoms with Gasteiger partial charge in [0, 0.05) is 55.9 Å². The Morgan fingerprint density at radius 1 is 0.727 bits per heavy atom. The average molecular weight is 950 g/mol. The zero-order valence-electron chi connectivity index (χ0n) is 37.9. The number of fused-ring (bicyclic) bond motifs is 1. The molecule has 0 saturated carbocycles. The van der Waals surface area contributed by atoms with Crippen LogP contribution in [0.25, 0.3) is 11.1 Å². The number of anilines is 1. The molecule has 1 aromatic heterocycles. The van der Waals surface area contributed by atoms with Gasteiger partial charge in [0.05, 0.1) is 118 Å². The third-order valence-electron chi connectivity index (χ3n) is 9.75. The molecule has 2 heterocycles. The molecule has 0 unspecified atom stereocenters. The molecule has 3 amide bonds. The number of nitrogens with zero attached hydrogens (tertiary/aromatic N) is 2. The van der Waals surface area contributed by atoms with E-state index in [-0.39, 0.29) is 62.9 Å². The van der Waals surface area contributed by atoms with E-state index in [4.69, 9.17) is 48.4 Å². The normalized spacial score (nSPS) is 12.6.